The predicted octanol–water partition coefficient (Wildman–Crippen LogP) is 6.20. The van der Waals surface area contributed by atoms with Crippen LogP contribution in [0.3, 0.4) is 0 Å². The van der Waals surface area contributed by atoms with E-state index < -0.39 is 0 Å². The van der Waals surface area contributed by atoms with Crippen LogP contribution in [0.5, 0.6) is 0 Å². The fraction of sp³-hybridized carbons (Fsp3) is 0.581. The molecule has 2 bridgehead atoms. The van der Waals surface area contributed by atoms with Crippen molar-refractivity contribution in [2.45, 2.75) is 114 Å². The molecule has 4 heterocycles. The number of hydrogen-bond donors (Lipinski definition) is 1. The van der Waals surface area contributed by atoms with Gasteiger partial charge in [0.15, 0.2) is 5.69 Å². The lowest BCUT2D eigenvalue weighted by Gasteiger charge is -2.53. The average Bonchev–Trinajstić information content (AvgIpc) is 2.90. The highest BCUT2D eigenvalue weighted by Crippen LogP contribution is 2.42. The van der Waals surface area contributed by atoms with E-state index in [9.17, 15) is 9.59 Å². The summed E-state index contributed by atoms with van der Waals surface area (Å²) in [7, 11) is 0. The molecule has 0 unspecified atom stereocenters. The number of aromatic nitrogens is 3. The third-order valence-corrected chi connectivity index (χ3v) is 9.19. The van der Waals surface area contributed by atoms with Crippen LogP contribution < -0.4 is 11.1 Å². The van der Waals surface area contributed by atoms with Crippen molar-refractivity contribution in [1.29, 1.82) is 0 Å². The molecular formula is C31H40N4O2. The summed E-state index contributed by atoms with van der Waals surface area (Å²) in [4.78, 5) is 36.5. The molecule has 37 heavy (non-hydrogen) atoms. The average molecular weight is 501 g/mol. The zero-order valence-corrected chi connectivity index (χ0v) is 21.9. The number of nitrogens with one attached hydrogen (secondary N) is 1. The monoisotopic (exact) mass is 500 g/mol. The number of para-hydroxylation sites is 2. The zero-order valence-electron chi connectivity index (χ0n) is 21.9. The molecule has 196 valence electrons. The minimum absolute atomic E-state index is 0.0873. The summed E-state index contributed by atoms with van der Waals surface area (Å²) in [6.07, 6.45) is 18.2. The molecule has 3 aliphatic rings. The number of rotatable bonds is 3. The molecule has 1 N–H and O–H groups in total. The third-order valence-electron chi connectivity index (χ3n) is 9.19. The summed E-state index contributed by atoms with van der Waals surface area (Å²) in [6, 6.07) is 14.9. The van der Waals surface area contributed by atoms with Gasteiger partial charge in [-0.25, -0.2) is 4.98 Å². The second-order valence-corrected chi connectivity index (χ2v) is 11.6. The largest absolute Gasteiger partial charge is 0.320 e. The number of H-pyrrole nitrogens is 1. The highest BCUT2D eigenvalue weighted by molar-refractivity contribution is 5.77. The maximum absolute atomic E-state index is 14.0. The van der Waals surface area contributed by atoms with Crippen LogP contribution >= 0.6 is 0 Å². The van der Waals surface area contributed by atoms with Gasteiger partial charge in [0.05, 0.1) is 16.7 Å². The van der Waals surface area contributed by atoms with Crippen molar-refractivity contribution in [2.24, 2.45) is 0 Å². The van der Waals surface area contributed by atoms with Crippen molar-refractivity contribution in [2.75, 3.05) is 0 Å². The third kappa shape index (κ3) is 5.05. The summed E-state index contributed by atoms with van der Waals surface area (Å²) in [5.74, 6) is 0. The Morgan fingerprint density at radius 1 is 0.676 bits per heavy atom. The fourth-order valence-electron chi connectivity index (χ4n) is 7.56. The maximum atomic E-state index is 14.0. The minimum atomic E-state index is -0.216. The van der Waals surface area contributed by atoms with E-state index in [0.717, 1.165) is 23.9 Å². The van der Waals surface area contributed by atoms with Gasteiger partial charge in [0.25, 0.3) is 5.56 Å². The van der Waals surface area contributed by atoms with Gasteiger partial charge in [-0.3, -0.25) is 14.5 Å². The molecule has 0 spiro atoms. The quantitative estimate of drug-likeness (QED) is 0.465. The van der Waals surface area contributed by atoms with Gasteiger partial charge >= 0.3 is 0 Å². The predicted molar refractivity (Wildman–Crippen MR) is 149 cm³/mol. The highest BCUT2D eigenvalue weighted by Gasteiger charge is 2.42. The molecule has 2 aromatic heterocycles. The Hall–Kier alpha value is -2.73. The van der Waals surface area contributed by atoms with Crippen molar-refractivity contribution in [3.8, 4) is 11.4 Å². The molecule has 3 fully saturated rings. The van der Waals surface area contributed by atoms with Crippen LogP contribution in [0.15, 0.2) is 52.1 Å². The Morgan fingerprint density at radius 2 is 1.32 bits per heavy atom. The first-order valence-corrected chi connectivity index (χ1v) is 14.7. The fourth-order valence-corrected chi connectivity index (χ4v) is 7.56. The van der Waals surface area contributed by atoms with Gasteiger partial charge in [-0.2, -0.15) is 0 Å². The molecule has 1 aromatic carbocycles. The number of nitrogens with zero attached hydrogens (tertiary/aromatic N) is 3. The number of aromatic amines is 1. The number of piperidine rings is 2. The van der Waals surface area contributed by atoms with Crippen LogP contribution in [0.4, 0.5) is 0 Å². The maximum Gasteiger partial charge on any atom is 0.279 e. The first-order valence-electron chi connectivity index (χ1n) is 14.7. The molecule has 1 aliphatic carbocycles. The number of hydrogen-bond acceptors (Lipinski definition) is 4. The van der Waals surface area contributed by atoms with Gasteiger partial charge in [0.2, 0.25) is 5.56 Å². The Morgan fingerprint density at radius 3 is 2.03 bits per heavy atom. The molecule has 2 saturated heterocycles. The summed E-state index contributed by atoms with van der Waals surface area (Å²) in [5, 5.41) is 0. The minimum Gasteiger partial charge on any atom is -0.320 e. The van der Waals surface area contributed by atoms with Gasteiger partial charge in [0, 0.05) is 30.2 Å². The Labute approximate surface area is 219 Å². The van der Waals surface area contributed by atoms with Crippen molar-refractivity contribution >= 4 is 11.0 Å². The summed E-state index contributed by atoms with van der Waals surface area (Å²) in [5.41, 5.74) is 2.25. The van der Waals surface area contributed by atoms with E-state index in [-0.39, 0.29) is 17.2 Å². The lowest BCUT2D eigenvalue weighted by atomic mass is 9.79. The highest BCUT2D eigenvalue weighted by atomic mass is 16.1. The smallest absolute Gasteiger partial charge is 0.279 e. The first kappa shape index (κ1) is 24.6. The molecule has 0 amide bonds. The number of benzene rings is 1. The lowest BCUT2D eigenvalue weighted by molar-refractivity contribution is -0.0239. The van der Waals surface area contributed by atoms with Crippen molar-refractivity contribution in [3.05, 3.63) is 63.2 Å². The van der Waals surface area contributed by atoms with Crippen LogP contribution in [0.1, 0.15) is 95.9 Å². The van der Waals surface area contributed by atoms with Crippen LogP contribution in [0.2, 0.25) is 0 Å². The van der Waals surface area contributed by atoms with Crippen molar-refractivity contribution in [3.63, 3.8) is 0 Å². The molecule has 2 aliphatic heterocycles. The number of pyridine rings is 1. The van der Waals surface area contributed by atoms with Gasteiger partial charge in [-0.15, -0.1) is 0 Å². The van der Waals surface area contributed by atoms with Gasteiger partial charge in [-0.1, -0.05) is 69.6 Å². The summed E-state index contributed by atoms with van der Waals surface area (Å²) >= 11 is 0. The Bertz CT molecular complexity index is 1320. The van der Waals surface area contributed by atoms with Crippen LogP contribution in [0.25, 0.3) is 22.4 Å². The lowest BCUT2D eigenvalue weighted by Crippen LogP contribution is -2.57. The molecule has 0 radical (unpaired) electrons. The molecule has 3 atom stereocenters. The van der Waals surface area contributed by atoms with E-state index in [2.05, 4.69) is 9.88 Å². The summed E-state index contributed by atoms with van der Waals surface area (Å²) in [6.45, 7) is 0. The molecule has 3 aromatic rings. The molecular weight excluding hydrogens is 460 g/mol. The van der Waals surface area contributed by atoms with Gasteiger partial charge in [-0.05, 0) is 56.7 Å². The van der Waals surface area contributed by atoms with E-state index in [4.69, 9.17) is 4.98 Å². The Kier molecular flexibility index (Phi) is 7.27. The van der Waals surface area contributed by atoms with E-state index in [1.54, 1.807) is 12.1 Å². The first-order chi connectivity index (χ1) is 18.2. The topological polar surface area (TPSA) is 71.0 Å². The van der Waals surface area contributed by atoms with E-state index in [1.807, 2.05) is 28.8 Å². The second-order valence-electron chi connectivity index (χ2n) is 11.6. The summed E-state index contributed by atoms with van der Waals surface area (Å²) < 4.78 is 2.03. The normalized spacial score (nSPS) is 26.2. The SMILES string of the molecule is O=c1cccc(-c2nc3ccccc3n([C@@H]3C[C@H]4CCC[C@@H](C3)N4C3CCCCCCCCC3)c2=O)[nH]1. The Balaban J connectivity index is 1.35. The number of fused-ring (bicyclic) bond motifs is 3. The van der Waals surface area contributed by atoms with E-state index in [1.165, 1.54) is 83.1 Å². The van der Waals surface area contributed by atoms with Gasteiger partial charge < -0.3 is 9.55 Å². The van der Waals surface area contributed by atoms with E-state index >= 15 is 0 Å². The van der Waals surface area contributed by atoms with Crippen LogP contribution in [0, 0.1) is 0 Å². The molecule has 1 saturated carbocycles. The van der Waals surface area contributed by atoms with Crippen LogP contribution in [-0.4, -0.2) is 37.6 Å². The van der Waals surface area contributed by atoms with Crippen molar-refractivity contribution in [1.82, 2.24) is 19.4 Å². The molecule has 6 nitrogen and oxygen atoms in total. The molecule has 6 heteroatoms. The second kappa shape index (κ2) is 10.9. The van der Waals surface area contributed by atoms with Gasteiger partial charge in [0.1, 0.15) is 0 Å². The molecule has 6 rings (SSSR count). The van der Waals surface area contributed by atoms with E-state index in [0.29, 0.717) is 29.5 Å². The van der Waals surface area contributed by atoms with Crippen LogP contribution in [-0.2, 0) is 0 Å². The van der Waals surface area contributed by atoms with Crippen molar-refractivity contribution < 1.29 is 0 Å². The standard InChI is InChI=1S/C31H40N4O2/c36-29-19-11-17-27(32-29)30-31(37)35(28-18-9-8-16-26(28)33-30)25-20-23-14-10-15-24(21-25)34(23)22-12-6-4-2-1-3-5-7-13-22/h8-9,11,16-19,22-25H,1-7,10,12-15,20-21H2,(H,32,36)/t23-,24+,25-. The zero-order chi connectivity index (χ0) is 25.2.